The molecule has 4 rings (SSSR count). The van der Waals surface area contributed by atoms with Crippen molar-refractivity contribution < 1.29 is 4.92 Å². The Balaban J connectivity index is 1.74. The van der Waals surface area contributed by atoms with Gasteiger partial charge in [0.1, 0.15) is 12.1 Å². The molecule has 0 atom stereocenters. The highest BCUT2D eigenvalue weighted by molar-refractivity contribution is 6.30. The zero-order valence-corrected chi connectivity index (χ0v) is 16.8. The van der Waals surface area contributed by atoms with Crippen molar-refractivity contribution in [2.45, 2.75) is 0 Å². The summed E-state index contributed by atoms with van der Waals surface area (Å²) in [5, 5.41) is 16.9. The molecule has 4 aromatic rings. The number of hydrogen-bond donors (Lipinski definition) is 2. The van der Waals surface area contributed by atoms with Gasteiger partial charge in [-0.1, -0.05) is 48.0 Å². The minimum atomic E-state index is -0.547. The topological polar surface area (TPSA) is 109 Å². The predicted molar refractivity (Wildman–Crippen MR) is 120 cm³/mol. The van der Waals surface area contributed by atoms with Gasteiger partial charge in [0, 0.05) is 6.20 Å². The molecule has 0 spiro atoms. The highest BCUT2D eigenvalue weighted by Gasteiger charge is 2.25. The third-order valence-electron chi connectivity index (χ3n) is 4.23. The monoisotopic (exact) mass is 433 g/mol. The van der Waals surface area contributed by atoms with Crippen LogP contribution in [0.1, 0.15) is 0 Å². The largest absolute Gasteiger partial charge is 0.355 e. The number of hydrogen-bond acceptors (Lipinski definition) is 8. The molecule has 31 heavy (non-hydrogen) atoms. The second-order valence-electron chi connectivity index (χ2n) is 6.28. The number of nitrogens with one attached hydrogen (secondary N) is 2. The zero-order chi connectivity index (χ0) is 21.6. The minimum Gasteiger partial charge on any atom is -0.319 e. The smallest absolute Gasteiger partial charge is 0.319 e. The Labute approximate surface area is 182 Å². The van der Waals surface area contributed by atoms with Crippen LogP contribution in [-0.4, -0.2) is 19.9 Å². The molecule has 0 aliphatic heterocycles. The Morgan fingerprint density at radius 3 is 2.00 bits per heavy atom. The lowest BCUT2D eigenvalue weighted by molar-refractivity contribution is -0.383. The van der Waals surface area contributed by atoms with Gasteiger partial charge in [0.25, 0.3) is 0 Å². The number of pyridine rings is 1. The third kappa shape index (κ3) is 4.68. The molecule has 154 valence electrons. The number of aromatic nitrogens is 3. The van der Waals surface area contributed by atoms with E-state index in [0.29, 0.717) is 10.8 Å². The molecule has 2 aromatic carbocycles. The average Bonchev–Trinajstić information content (AvgIpc) is 2.80. The van der Waals surface area contributed by atoms with Crippen molar-refractivity contribution in [1.82, 2.24) is 15.0 Å². The Morgan fingerprint density at radius 2 is 1.45 bits per heavy atom. The van der Waals surface area contributed by atoms with Crippen molar-refractivity contribution in [2.75, 3.05) is 15.8 Å². The summed E-state index contributed by atoms with van der Waals surface area (Å²) < 4.78 is 0. The molecule has 0 saturated carbocycles. The van der Waals surface area contributed by atoms with Crippen LogP contribution < -0.4 is 15.8 Å². The maximum absolute atomic E-state index is 11.9. The molecule has 0 unspecified atom stereocenters. The lowest BCUT2D eigenvalue weighted by Crippen LogP contribution is -2.26. The van der Waals surface area contributed by atoms with Gasteiger partial charge in [-0.2, -0.15) is 0 Å². The van der Waals surface area contributed by atoms with E-state index < -0.39 is 4.92 Å². The molecule has 2 aromatic heterocycles. The first-order valence-electron chi connectivity index (χ1n) is 9.16. The number of para-hydroxylation sites is 2. The van der Waals surface area contributed by atoms with Crippen LogP contribution in [0, 0.1) is 10.1 Å². The van der Waals surface area contributed by atoms with Gasteiger partial charge in [-0.05, 0) is 36.4 Å². The van der Waals surface area contributed by atoms with E-state index in [9.17, 15) is 10.1 Å². The number of nitrogens with zero attached hydrogens (tertiary/aromatic N) is 5. The Morgan fingerprint density at radius 1 is 0.839 bits per heavy atom. The average molecular weight is 434 g/mol. The van der Waals surface area contributed by atoms with Crippen molar-refractivity contribution in [3.8, 4) is 0 Å². The number of rotatable bonds is 7. The Kier molecular flexibility index (Phi) is 5.86. The van der Waals surface area contributed by atoms with Crippen molar-refractivity contribution in [3.05, 3.63) is 100 Å². The summed E-state index contributed by atoms with van der Waals surface area (Å²) in [6, 6.07) is 22.0. The maximum Gasteiger partial charge on any atom is 0.355 e. The summed E-state index contributed by atoms with van der Waals surface area (Å²) >= 11 is 5.86. The fraction of sp³-hybridized carbons (Fsp3) is 0. The van der Waals surface area contributed by atoms with Crippen LogP contribution in [0.5, 0.6) is 0 Å². The van der Waals surface area contributed by atoms with Crippen LogP contribution in [0.2, 0.25) is 5.02 Å². The summed E-state index contributed by atoms with van der Waals surface area (Å²) in [6.45, 7) is 0. The standard InChI is InChI=1S/C21H16ClN7O2/c22-15-11-12-18(23-13-15)26-20-19(29(30)31)21(25-14-24-20)27-28(16-7-3-1-4-8-16)17-9-5-2-6-10-17/h1-14H,(H2,23,24,25,26,27). The molecular weight excluding hydrogens is 418 g/mol. The lowest BCUT2D eigenvalue weighted by Gasteiger charge is -2.26. The van der Waals surface area contributed by atoms with Crippen LogP contribution in [0.15, 0.2) is 85.3 Å². The SMILES string of the molecule is O=[N+]([O-])c1c(Nc2ccc(Cl)cn2)ncnc1NN(c1ccccc1)c1ccccc1. The second-order valence-corrected chi connectivity index (χ2v) is 6.72. The second kappa shape index (κ2) is 9.06. The molecule has 0 fully saturated rings. The summed E-state index contributed by atoms with van der Waals surface area (Å²) in [6.07, 6.45) is 2.67. The highest BCUT2D eigenvalue weighted by Crippen LogP contribution is 2.33. The molecule has 0 amide bonds. The van der Waals surface area contributed by atoms with Crippen molar-refractivity contribution in [3.63, 3.8) is 0 Å². The quantitative estimate of drug-likeness (QED) is 0.297. The Bertz CT molecular complexity index is 1140. The minimum absolute atomic E-state index is 0.00149. The van der Waals surface area contributed by atoms with Gasteiger partial charge in [-0.25, -0.2) is 15.0 Å². The van der Waals surface area contributed by atoms with E-state index in [1.165, 1.54) is 12.5 Å². The maximum atomic E-state index is 11.9. The van der Waals surface area contributed by atoms with E-state index in [0.717, 1.165) is 11.4 Å². The first-order valence-corrected chi connectivity index (χ1v) is 9.54. The summed E-state index contributed by atoms with van der Waals surface area (Å²) in [4.78, 5) is 23.6. The summed E-state index contributed by atoms with van der Waals surface area (Å²) in [5.74, 6) is 0.377. The normalized spacial score (nSPS) is 10.4. The molecule has 0 aliphatic rings. The first kappa shape index (κ1) is 20.0. The molecule has 0 radical (unpaired) electrons. The van der Waals surface area contributed by atoms with Gasteiger partial charge >= 0.3 is 5.69 Å². The number of anilines is 5. The van der Waals surface area contributed by atoms with Crippen LogP contribution in [0.4, 0.5) is 34.5 Å². The van der Waals surface area contributed by atoms with Gasteiger partial charge in [0.05, 0.1) is 21.3 Å². The fourth-order valence-electron chi connectivity index (χ4n) is 2.83. The van der Waals surface area contributed by atoms with Crippen LogP contribution in [0.3, 0.4) is 0 Å². The Hall–Kier alpha value is -4.24. The van der Waals surface area contributed by atoms with Gasteiger partial charge < -0.3 is 5.32 Å². The fourth-order valence-corrected chi connectivity index (χ4v) is 2.95. The van der Waals surface area contributed by atoms with Crippen molar-refractivity contribution >= 4 is 46.1 Å². The van der Waals surface area contributed by atoms with E-state index >= 15 is 0 Å². The van der Waals surface area contributed by atoms with E-state index in [1.54, 1.807) is 17.1 Å². The number of benzene rings is 2. The van der Waals surface area contributed by atoms with E-state index in [1.807, 2.05) is 60.7 Å². The zero-order valence-electron chi connectivity index (χ0n) is 16.0. The van der Waals surface area contributed by atoms with Crippen LogP contribution in [-0.2, 0) is 0 Å². The summed E-state index contributed by atoms with van der Waals surface area (Å²) in [5.41, 5.74) is 4.28. The van der Waals surface area contributed by atoms with Gasteiger partial charge in [0.15, 0.2) is 0 Å². The van der Waals surface area contributed by atoms with Crippen molar-refractivity contribution in [2.24, 2.45) is 0 Å². The molecule has 0 aliphatic carbocycles. The predicted octanol–water partition coefficient (Wildman–Crippen LogP) is 5.34. The molecule has 0 saturated heterocycles. The van der Waals surface area contributed by atoms with Gasteiger partial charge in [-0.3, -0.25) is 20.5 Å². The third-order valence-corrected chi connectivity index (χ3v) is 4.45. The van der Waals surface area contributed by atoms with Crippen molar-refractivity contribution in [1.29, 1.82) is 0 Å². The first-order chi connectivity index (χ1) is 15.1. The van der Waals surface area contributed by atoms with Gasteiger partial charge in [-0.15, -0.1) is 0 Å². The molecule has 9 nitrogen and oxygen atoms in total. The molecular formula is C21H16ClN7O2. The molecule has 0 bridgehead atoms. The van der Waals surface area contributed by atoms with Gasteiger partial charge in [0.2, 0.25) is 11.6 Å². The van der Waals surface area contributed by atoms with E-state index in [-0.39, 0.29) is 17.3 Å². The molecule has 10 heteroatoms. The van der Waals surface area contributed by atoms with E-state index in [4.69, 9.17) is 11.6 Å². The van der Waals surface area contributed by atoms with Crippen LogP contribution in [0.25, 0.3) is 0 Å². The van der Waals surface area contributed by atoms with E-state index in [2.05, 4.69) is 25.7 Å². The lowest BCUT2D eigenvalue weighted by atomic mass is 10.2. The number of hydrazine groups is 1. The van der Waals surface area contributed by atoms with Crippen LogP contribution >= 0.6 is 11.6 Å². The molecule has 2 heterocycles. The number of halogens is 1. The summed E-state index contributed by atoms with van der Waals surface area (Å²) in [7, 11) is 0. The number of nitro groups is 1. The molecule has 2 N–H and O–H groups in total. The highest BCUT2D eigenvalue weighted by atomic mass is 35.5.